The molecule has 1 amide bonds. The summed E-state index contributed by atoms with van der Waals surface area (Å²) >= 11 is 0. The average Bonchev–Trinajstić information content (AvgIpc) is 2.23. The maximum atomic E-state index is 11.9. The summed E-state index contributed by atoms with van der Waals surface area (Å²) in [6, 6.07) is 0. The molecule has 0 heterocycles. The Morgan fingerprint density at radius 3 is 1.89 bits per heavy atom. The van der Waals surface area contributed by atoms with Gasteiger partial charge in [0, 0.05) is 0 Å². The Morgan fingerprint density at radius 2 is 1.58 bits per heavy atom. The van der Waals surface area contributed by atoms with Crippen LogP contribution in [0.4, 0.5) is 26.3 Å². The zero-order valence-corrected chi connectivity index (χ0v) is 9.35. The average molecular weight is 297 g/mol. The Labute approximate surface area is 102 Å². The Kier molecular flexibility index (Phi) is 5.18. The summed E-state index contributed by atoms with van der Waals surface area (Å²) < 4.78 is 74.8. The number of hydrogen-bond acceptors (Lipinski definition) is 4. The van der Waals surface area contributed by atoms with Crippen LogP contribution in [0.1, 0.15) is 6.92 Å². The predicted molar refractivity (Wildman–Crippen MR) is 46.7 cm³/mol. The van der Waals surface area contributed by atoms with Gasteiger partial charge in [0.2, 0.25) is 0 Å². The lowest BCUT2D eigenvalue weighted by atomic mass is 10.1. The van der Waals surface area contributed by atoms with Gasteiger partial charge < -0.3 is 15.2 Å². The van der Waals surface area contributed by atoms with Crippen LogP contribution in [0.25, 0.3) is 0 Å². The molecule has 0 saturated heterocycles. The molecule has 0 aliphatic heterocycles. The number of esters is 1. The zero-order chi connectivity index (χ0) is 15.5. The number of aliphatic hydroxyl groups is 1. The van der Waals surface area contributed by atoms with Crippen LogP contribution in [0, 0.1) is 0 Å². The molecule has 0 bridgehead atoms. The third-order valence-corrected chi connectivity index (χ3v) is 1.78. The third-order valence-electron chi connectivity index (χ3n) is 1.78. The Hall–Kier alpha value is -1.52. The third kappa shape index (κ3) is 5.77. The van der Waals surface area contributed by atoms with E-state index in [0.717, 1.165) is 6.92 Å². The normalized spacial score (nSPS) is 15.6. The minimum absolute atomic E-state index is 0.778. The van der Waals surface area contributed by atoms with Crippen LogP contribution < -0.4 is 5.32 Å². The van der Waals surface area contributed by atoms with E-state index in [1.54, 1.807) is 0 Å². The van der Waals surface area contributed by atoms with E-state index in [1.165, 1.54) is 5.32 Å². The number of halogens is 6. The summed E-state index contributed by atoms with van der Waals surface area (Å²) in [5.74, 6) is -5.12. The van der Waals surface area contributed by atoms with Crippen LogP contribution in [-0.4, -0.2) is 48.1 Å². The van der Waals surface area contributed by atoms with Crippen molar-refractivity contribution in [1.82, 2.24) is 5.32 Å². The molecular weight excluding hydrogens is 288 g/mol. The first-order valence-electron chi connectivity index (χ1n) is 4.56. The first-order chi connectivity index (χ1) is 8.32. The number of alkyl halides is 6. The van der Waals surface area contributed by atoms with Gasteiger partial charge in [0.15, 0.2) is 0 Å². The maximum absolute atomic E-state index is 11.9. The summed E-state index contributed by atoms with van der Waals surface area (Å²) in [6.45, 7) is -1.66. The Balaban J connectivity index is 4.64. The van der Waals surface area contributed by atoms with Gasteiger partial charge in [0.1, 0.15) is 6.61 Å². The second-order valence-corrected chi connectivity index (χ2v) is 3.74. The van der Waals surface area contributed by atoms with Gasteiger partial charge in [0.05, 0.1) is 12.1 Å². The Bertz CT molecular complexity index is 352. The molecule has 0 aliphatic rings. The molecule has 112 valence electrons. The van der Waals surface area contributed by atoms with Crippen molar-refractivity contribution in [2.45, 2.75) is 24.8 Å². The monoisotopic (exact) mass is 297 g/mol. The molecule has 19 heavy (non-hydrogen) atoms. The first kappa shape index (κ1) is 17.5. The van der Waals surface area contributed by atoms with Gasteiger partial charge in [-0.3, -0.25) is 4.79 Å². The molecule has 5 nitrogen and oxygen atoms in total. The van der Waals surface area contributed by atoms with Crippen molar-refractivity contribution in [2.24, 2.45) is 0 Å². The van der Waals surface area contributed by atoms with Crippen molar-refractivity contribution in [3.63, 3.8) is 0 Å². The molecule has 11 heteroatoms. The highest BCUT2D eigenvalue weighted by Gasteiger charge is 2.45. The second-order valence-electron chi connectivity index (χ2n) is 3.74. The molecule has 0 aromatic heterocycles. The van der Waals surface area contributed by atoms with Crippen molar-refractivity contribution in [1.29, 1.82) is 0 Å². The van der Waals surface area contributed by atoms with Crippen LogP contribution in [0.5, 0.6) is 0 Å². The topological polar surface area (TPSA) is 75.6 Å². The minimum Gasteiger partial charge on any atom is -0.456 e. The molecule has 0 radical (unpaired) electrons. The van der Waals surface area contributed by atoms with Crippen LogP contribution in [-0.2, 0) is 14.3 Å². The van der Waals surface area contributed by atoms with E-state index in [0.29, 0.717) is 0 Å². The number of carbonyl (C=O) groups excluding carboxylic acids is 2. The summed E-state index contributed by atoms with van der Waals surface area (Å²) in [7, 11) is 0. The summed E-state index contributed by atoms with van der Waals surface area (Å²) in [4.78, 5) is 20.9. The number of aliphatic hydroxyl groups excluding tert-OH is 1. The summed E-state index contributed by atoms with van der Waals surface area (Å²) in [6.07, 6.45) is -10.6. The van der Waals surface area contributed by atoms with E-state index in [1.807, 2.05) is 0 Å². The van der Waals surface area contributed by atoms with E-state index in [4.69, 9.17) is 5.11 Å². The second kappa shape index (κ2) is 5.63. The SMILES string of the molecule is CC(CO)(COC(=O)C(F)(F)F)NC(=O)C(F)(F)F. The molecule has 0 aromatic carbocycles. The first-order valence-corrected chi connectivity index (χ1v) is 4.56. The fourth-order valence-electron chi connectivity index (χ4n) is 0.773. The summed E-state index contributed by atoms with van der Waals surface area (Å²) in [5.41, 5.74) is -2.19. The molecule has 0 rings (SSSR count). The molecule has 1 unspecified atom stereocenters. The number of nitrogens with one attached hydrogen (secondary N) is 1. The van der Waals surface area contributed by atoms with Gasteiger partial charge in [-0.1, -0.05) is 0 Å². The van der Waals surface area contributed by atoms with Crippen molar-refractivity contribution < 1.29 is 45.8 Å². The maximum Gasteiger partial charge on any atom is 0.490 e. The van der Waals surface area contributed by atoms with Gasteiger partial charge in [0.25, 0.3) is 0 Å². The van der Waals surface area contributed by atoms with E-state index in [-0.39, 0.29) is 0 Å². The fourth-order valence-corrected chi connectivity index (χ4v) is 0.773. The Morgan fingerprint density at radius 1 is 1.11 bits per heavy atom. The molecular formula is C8H9F6NO4. The molecule has 0 aromatic rings. The van der Waals surface area contributed by atoms with E-state index in [9.17, 15) is 35.9 Å². The van der Waals surface area contributed by atoms with Gasteiger partial charge in [-0.25, -0.2) is 4.79 Å². The van der Waals surface area contributed by atoms with Crippen LogP contribution in [0.3, 0.4) is 0 Å². The van der Waals surface area contributed by atoms with E-state index >= 15 is 0 Å². The summed E-state index contributed by atoms with van der Waals surface area (Å²) in [5, 5.41) is 9.99. The zero-order valence-electron chi connectivity index (χ0n) is 9.35. The number of hydrogen-bond donors (Lipinski definition) is 2. The largest absolute Gasteiger partial charge is 0.490 e. The molecule has 0 saturated carbocycles. The highest BCUT2D eigenvalue weighted by molar-refractivity contribution is 5.82. The van der Waals surface area contributed by atoms with Gasteiger partial charge >= 0.3 is 24.2 Å². The van der Waals surface area contributed by atoms with Gasteiger partial charge in [-0.2, -0.15) is 26.3 Å². The minimum atomic E-state index is -5.33. The number of carbonyl (C=O) groups is 2. The lowest BCUT2D eigenvalue weighted by molar-refractivity contribution is -0.202. The molecule has 0 fully saturated rings. The molecule has 0 aliphatic carbocycles. The van der Waals surface area contributed by atoms with E-state index in [2.05, 4.69) is 4.74 Å². The van der Waals surface area contributed by atoms with Crippen molar-refractivity contribution in [2.75, 3.05) is 13.2 Å². The molecule has 2 N–H and O–H groups in total. The highest BCUT2D eigenvalue weighted by atomic mass is 19.4. The van der Waals surface area contributed by atoms with Crippen molar-refractivity contribution >= 4 is 11.9 Å². The van der Waals surface area contributed by atoms with Crippen LogP contribution >= 0.6 is 0 Å². The lowest BCUT2D eigenvalue weighted by Gasteiger charge is -2.28. The van der Waals surface area contributed by atoms with Crippen molar-refractivity contribution in [3.8, 4) is 0 Å². The van der Waals surface area contributed by atoms with Gasteiger partial charge in [-0.05, 0) is 6.92 Å². The molecule has 0 spiro atoms. The van der Waals surface area contributed by atoms with Crippen molar-refractivity contribution in [3.05, 3.63) is 0 Å². The van der Waals surface area contributed by atoms with Gasteiger partial charge in [-0.15, -0.1) is 0 Å². The predicted octanol–water partition coefficient (Wildman–Crippen LogP) is 0.521. The number of ether oxygens (including phenoxy) is 1. The highest BCUT2D eigenvalue weighted by Crippen LogP contribution is 2.19. The fraction of sp³-hybridized carbons (Fsp3) is 0.750. The number of amides is 1. The molecule has 1 atom stereocenters. The van der Waals surface area contributed by atoms with Crippen LogP contribution in [0.2, 0.25) is 0 Å². The van der Waals surface area contributed by atoms with Crippen LogP contribution in [0.15, 0.2) is 0 Å². The quantitative estimate of drug-likeness (QED) is 0.586. The van der Waals surface area contributed by atoms with E-state index < -0.39 is 43.0 Å². The smallest absolute Gasteiger partial charge is 0.456 e. The number of rotatable bonds is 4. The standard InChI is InChI=1S/C8H9F6NO4/c1-6(2-16,15-4(17)7(9,10)11)3-19-5(18)8(12,13)14/h16H,2-3H2,1H3,(H,15,17). The lowest BCUT2D eigenvalue weighted by Crippen LogP contribution is -2.56.